The number of nitrogens with zero attached hydrogens (tertiary/aromatic N) is 1. The Morgan fingerprint density at radius 3 is 2.48 bits per heavy atom. The molecule has 1 saturated heterocycles. The second-order valence-corrected chi connectivity index (χ2v) is 6.38. The van der Waals surface area contributed by atoms with Crippen molar-refractivity contribution in [1.29, 1.82) is 0 Å². The van der Waals surface area contributed by atoms with Gasteiger partial charge in [-0.1, -0.05) is 0 Å². The van der Waals surface area contributed by atoms with E-state index in [-0.39, 0.29) is 35.8 Å². The summed E-state index contributed by atoms with van der Waals surface area (Å²) in [4.78, 5) is 24.7. The van der Waals surface area contributed by atoms with Crippen molar-refractivity contribution >= 4 is 45.7 Å². The topological polar surface area (TPSA) is 49.4 Å². The van der Waals surface area contributed by atoms with Crippen molar-refractivity contribution in [3.63, 3.8) is 0 Å². The summed E-state index contributed by atoms with van der Waals surface area (Å²) >= 11 is 1.98. The van der Waals surface area contributed by atoms with Crippen LogP contribution in [0.15, 0.2) is 36.4 Å². The standard InChI is InChI=1S/C16H11F2IN2O2/c17-9-1-3-12(16(23)21-7-11(22)8-21)15(5-9)20-14-4-2-10(19)6-13(14)18/h1-6,20H,7-8H2. The van der Waals surface area contributed by atoms with Crippen LogP contribution in [-0.2, 0) is 4.79 Å². The van der Waals surface area contributed by atoms with E-state index >= 15 is 0 Å². The molecule has 1 fully saturated rings. The minimum atomic E-state index is -0.547. The van der Waals surface area contributed by atoms with Gasteiger partial charge in [-0.15, -0.1) is 0 Å². The van der Waals surface area contributed by atoms with Crippen molar-refractivity contribution in [3.05, 3.63) is 57.2 Å². The summed E-state index contributed by atoms with van der Waals surface area (Å²) in [5.41, 5.74) is 0.496. The SMILES string of the molecule is O=C1CN(C(=O)c2ccc(F)cc2Nc2ccc(I)cc2F)C1. The summed E-state index contributed by atoms with van der Waals surface area (Å²) in [7, 11) is 0. The Kier molecular flexibility index (Phi) is 4.29. The van der Waals surface area contributed by atoms with Crippen LogP contribution >= 0.6 is 22.6 Å². The molecule has 0 spiro atoms. The molecule has 0 aromatic heterocycles. The largest absolute Gasteiger partial charge is 0.352 e. The lowest BCUT2D eigenvalue weighted by atomic mass is 10.1. The van der Waals surface area contributed by atoms with Crippen LogP contribution in [0.25, 0.3) is 0 Å². The fraction of sp³-hybridized carbons (Fsp3) is 0.125. The van der Waals surface area contributed by atoms with E-state index in [1.54, 1.807) is 6.07 Å². The highest BCUT2D eigenvalue weighted by Gasteiger charge is 2.30. The van der Waals surface area contributed by atoms with Crippen molar-refractivity contribution in [2.75, 3.05) is 18.4 Å². The number of ketones is 1. The molecule has 1 amide bonds. The molecule has 0 radical (unpaired) electrons. The van der Waals surface area contributed by atoms with Crippen LogP contribution in [-0.4, -0.2) is 29.7 Å². The Labute approximate surface area is 144 Å². The Bertz CT molecular complexity index is 803. The van der Waals surface area contributed by atoms with Crippen LogP contribution < -0.4 is 5.32 Å². The first-order valence-corrected chi connectivity index (χ1v) is 7.84. The highest BCUT2D eigenvalue weighted by atomic mass is 127. The van der Waals surface area contributed by atoms with E-state index in [9.17, 15) is 18.4 Å². The Hall–Kier alpha value is -2.03. The number of carbonyl (C=O) groups excluding carboxylic acids is 2. The maximum absolute atomic E-state index is 14.0. The van der Waals surface area contributed by atoms with E-state index in [1.807, 2.05) is 22.6 Å². The quantitative estimate of drug-likeness (QED) is 0.764. The van der Waals surface area contributed by atoms with Gasteiger partial charge in [-0.25, -0.2) is 8.78 Å². The van der Waals surface area contributed by atoms with Crippen molar-refractivity contribution in [2.45, 2.75) is 0 Å². The molecular weight excluding hydrogens is 417 g/mol. The fourth-order valence-electron chi connectivity index (χ4n) is 2.24. The number of hydrogen-bond acceptors (Lipinski definition) is 3. The van der Waals surface area contributed by atoms with Gasteiger partial charge in [0, 0.05) is 3.57 Å². The number of halogens is 3. The Morgan fingerprint density at radius 1 is 1.09 bits per heavy atom. The molecule has 1 aliphatic rings. The molecule has 3 rings (SSSR count). The number of hydrogen-bond donors (Lipinski definition) is 1. The second-order valence-electron chi connectivity index (χ2n) is 5.14. The average molecular weight is 428 g/mol. The van der Waals surface area contributed by atoms with E-state index < -0.39 is 17.5 Å². The van der Waals surface area contributed by atoms with E-state index in [4.69, 9.17) is 0 Å². The van der Waals surface area contributed by atoms with Gasteiger partial charge in [0.25, 0.3) is 5.91 Å². The average Bonchev–Trinajstić information content (AvgIpc) is 2.46. The Morgan fingerprint density at radius 2 is 1.83 bits per heavy atom. The molecule has 7 heteroatoms. The van der Waals surface area contributed by atoms with Gasteiger partial charge in [-0.3, -0.25) is 9.59 Å². The lowest BCUT2D eigenvalue weighted by molar-refractivity contribution is -0.127. The Balaban J connectivity index is 1.93. The van der Waals surface area contributed by atoms with Crippen LogP contribution in [0.2, 0.25) is 0 Å². The first-order valence-electron chi connectivity index (χ1n) is 6.76. The fourth-order valence-corrected chi connectivity index (χ4v) is 2.69. The molecular formula is C16H11F2IN2O2. The zero-order valence-corrected chi connectivity index (χ0v) is 13.9. The van der Waals surface area contributed by atoms with Crippen LogP contribution in [0, 0.1) is 15.2 Å². The predicted octanol–water partition coefficient (Wildman–Crippen LogP) is 3.34. The highest BCUT2D eigenvalue weighted by molar-refractivity contribution is 14.1. The second kappa shape index (κ2) is 6.23. The minimum Gasteiger partial charge on any atom is -0.352 e. The van der Waals surface area contributed by atoms with Crippen molar-refractivity contribution in [3.8, 4) is 0 Å². The van der Waals surface area contributed by atoms with Crippen LogP contribution in [0.3, 0.4) is 0 Å². The van der Waals surface area contributed by atoms with Gasteiger partial charge in [0.1, 0.15) is 11.6 Å². The van der Waals surface area contributed by atoms with Gasteiger partial charge in [0.05, 0.1) is 30.0 Å². The summed E-state index contributed by atoms with van der Waals surface area (Å²) in [5.74, 6) is -1.47. The van der Waals surface area contributed by atoms with E-state index in [1.165, 1.54) is 23.1 Å². The molecule has 0 saturated carbocycles. The molecule has 23 heavy (non-hydrogen) atoms. The summed E-state index contributed by atoms with van der Waals surface area (Å²) in [6.07, 6.45) is 0. The number of carbonyl (C=O) groups is 2. The van der Waals surface area contributed by atoms with Gasteiger partial charge in [-0.05, 0) is 59.0 Å². The molecule has 2 aromatic carbocycles. The van der Waals surface area contributed by atoms with Gasteiger partial charge in [0.15, 0.2) is 5.78 Å². The monoisotopic (exact) mass is 428 g/mol. The molecule has 118 valence electrons. The van der Waals surface area contributed by atoms with Crippen molar-refractivity contribution in [2.24, 2.45) is 0 Å². The maximum atomic E-state index is 14.0. The molecule has 2 aromatic rings. The van der Waals surface area contributed by atoms with Crippen LogP contribution in [0.1, 0.15) is 10.4 Å². The maximum Gasteiger partial charge on any atom is 0.256 e. The molecule has 1 N–H and O–H groups in total. The zero-order chi connectivity index (χ0) is 16.6. The number of likely N-dealkylation sites (tertiary alicyclic amines) is 1. The smallest absolute Gasteiger partial charge is 0.256 e. The molecule has 0 aliphatic carbocycles. The minimum absolute atomic E-state index is 0.0290. The summed E-state index contributed by atoms with van der Waals surface area (Å²) in [6, 6.07) is 8.16. The summed E-state index contributed by atoms with van der Waals surface area (Å²) in [6.45, 7) is 0.0983. The van der Waals surface area contributed by atoms with Crippen molar-refractivity contribution in [1.82, 2.24) is 4.90 Å². The number of Topliss-reactive ketones (excluding diaryl/α,β-unsaturated/α-hetero) is 1. The molecule has 0 atom stereocenters. The number of rotatable bonds is 3. The van der Waals surface area contributed by atoms with Crippen LogP contribution in [0.4, 0.5) is 20.2 Å². The number of amides is 1. The van der Waals surface area contributed by atoms with E-state index in [0.717, 1.165) is 15.7 Å². The summed E-state index contributed by atoms with van der Waals surface area (Å²) < 4.78 is 28.2. The third kappa shape index (κ3) is 3.34. The summed E-state index contributed by atoms with van der Waals surface area (Å²) in [5, 5.41) is 2.75. The number of anilines is 2. The highest BCUT2D eigenvalue weighted by Crippen LogP contribution is 2.27. The van der Waals surface area contributed by atoms with Gasteiger partial charge >= 0.3 is 0 Å². The first-order chi connectivity index (χ1) is 10.9. The van der Waals surface area contributed by atoms with Gasteiger partial charge in [-0.2, -0.15) is 0 Å². The van der Waals surface area contributed by atoms with Crippen molar-refractivity contribution < 1.29 is 18.4 Å². The molecule has 4 nitrogen and oxygen atoms in total. The number of nitrogens with one attached hydrogen (secondary N) is 1. The lowest BCUT2D eigenvalue weighted by Gasteiger charge is -2.30. The predicted molar refractivity (Wildman–Crippen MR) is 89.7 cm³/mol. The molecule has 1 heterocycles. The van der Waals surface area contributed by atoms with Crippen LogP contribution in [0.5, 0.6) is 0 Å². The molecule has 0 bridgehead atoms. The lowest BCUT2D eigenvalue weighted by Crippen LogP contribution is -2.50. The van der Waals surface area contributed by atoms with E-state index in [2.05, 4.69) is 5.32 Å². The molecule has 1 aliphatic heterocycles. The van der Waals surface area contributed by atoms with Gasteiger partial charge < -0.3 is 10.2 Å². The normalized spacial score (nSPS) is 13.7. The van der Waals surface area contributed by atoms with E-state index in [0.29, 0.717) is 0 Å². The van der Waals surface area contributed by atoms with Gasteiger partial charge in [0.2, 0.25) is 0 Å². The third-order valence-electron chi connectivity index (χ3n) is 3.43. The zero-order valence-electron chi connectivity index (χ0n) is 11.8. The third-order valence-corrected chi connectivity index (χ3v) is 4.11. The molecule has 0 unspecified atom stereocenters. The first kappa shape index (κ1) is 15.9. The number of benzene rings is 2.